The van der Waals surface area contributed by atoms with E-state index in [2.05, 4.69) is 15.4 Å². The normalized spacial score (nSPS) is 11.4. The van der Waals surface area contributed by atoms with Crippen LogP contribution in [-0.4, -0.2) is 30.4 Å². The number of carbonyl (C=O) groups is 1. The third-order valence-corrected chi connectivity index (χ3v) is 3.84. The monoisotopic (exact) mass is 411 g/mol. The SMILES string of the molecule is O=C(O)CCn1cc(-n2ccnc(Nc3ccc(C(F)(F)F)cc3F)c2=O)cn1. The minimum atomic E-state index is -4.70. The summed E-state index contributed by atoms with van der Waals surface area (Å²) < 4.78 is 54.4. The molecule has 0 atom stereocenters. The van der Waals surface area contributed by atoms with Crippen LogP contribution in [0.2, 0.25) is 0 Å². The average Bonchev–Trinajstić information content (AvgIpc) is 3.11. The van der Waals surface area contributed by atoms with E-state index < -0.39 is 29.1 Å². The van der Waals surface area contributed by atoms with Crippen molar-refractivity contribution in [2.45, 2.75) is 19.1 Å². The Morgan fingerprint density at radius 2 is 2.03 bits per heavy atom. The highest BCUT2D eigenvalue weighted by Crippen LogP contribution is 2.31. The van der Waals surface area contributed by atoms with E-state index in [1.54, 1.807) is 0 Å². The van der Waals surface area contributed by atoms with Gasteiger partial charge in [-0.1, -0.05) is 0 Å². The number of carboxylic acids is 1. The predicted octanol–water partition coefficient (Wildman–Crippen LogP) is 2.81. The Morgan fingerprint density at radius 1 is 1.28 bits per heavy atom. The summed E-state index contributed by atoms with van der Waals surface area (Å²) in [5.41, 5.74) is -1.91. The van der Waals surface area contributed by atoms with E-state index in [1.165, 1.54) is 29.5 Å². The van der Waals surface area contributed by atoms with E-state index in [1.807, 2.05) is 0 Å². The van der Waals surface area contributed by atoms with Crippen LogP contribution in [0.15, 0.2) is 47.8 Å². The van der Waals surface area contributed by atoms with E-state index in [9.17, 15) is 27.2 Å². The van der Waals surface area contributed by atoms with E-state index in [0.717, 1.165) is 10.6 Å². The van der Waals surface area contributed by atoms with Gasteiger partial charge in [0.25, 0.3) is 5.56 Å². The van der Waals surface area contributed by atoms with Gasteiger partial charge in [0.1, 0.15) is 5.82 Å². The molecule has 1 aromatic carbocycles. The predicted molar refractivity (Wildman–Crippen MR) is 92.6 cm³/mol. The van der Waals surface area contributed by atoms with Gasteiger partial charge in [0.05, 0.1) is 36.1 Å². The van der Waals surface area contributed by atoms with Gasteiger partial charge in [-0.15, -0.1) is 0 Å². The number of anilines is 2. The highest BCUT2D eigenvalue weighted by atomic mass is 19.4. The van der Waals surface area contributed by atoms with Crippen molar-refractivity contribution in [1.29, 1.82) is 0 Å². The van der Waals surface area contributed by atoms with Crippen molar-refractivity contribution < 1.29 is 27.5 Å². The number of hydrogen-bond acceptors (Lipinski definition) is 5. The fraction of sp³-hybridized carbons (Fsp3) is 0.176. The molecule has 2 N–H and O–H groups in total. The number of rotatable bonds is 6. The number of nitrogens with one attached hydrogen (secondary N) is 1. The number of benzene rings is 1. The minimum absolute atomic E-state index is 0.0943. The maximum atomic E-state index is 14.0. The molecule has 0 aliphatic carbocycles. The molecule has 29 heavy (non-hydrogen) atoms. The standard InChI is InChI=1S/C17H13F4N5O3/c18-12-7-10(17(19,20)21)1-2-13(12)24-15-16(29)26(6-4-22-15)11-8-23-25(9-11)5-3-14(27)28/h1-2,4,6-9H,3,5H2,(H,22,24)(H,27,28). The quantitative estimate of drug-likeness (QED) is 0.605. The van der Waals surface area contributed by atoms with Crippen LogP contribution >= 0.6 is 0 Å². The summed E-state index contributed by atoms with van der Waals surface area (Å²) >= 11 is 0. The molecule has 0 unspecified atom stereocenters. The van der Waals surface area contributed by atoms with Crippen LogP contribution in [0.3, 0.4) is 0 Å². The summed E-state index contributed by atoms with van der Waals surface area (Å²) in [6, 6.07) is 1.86. The van der Waals surface area contributed by atoms with Crippen molar-refractivity contribution >= 4 is 17.5 Å². The molecule has 0 aliphatic rings. The molecule has 0 saturated carbocycles. The molecule has 2 heterocycles. The van der Waals surface area contributed by atoms with E-state index in [-0.39, 0.29) is 24.5 Å². The molecule has 152 valence electrons. The van der Waals surface area contributed by atoms with Crippen LogP contribution in [0.1, 0.15) is 12.0 Å². The molecule has 0 radical (unpaired) electrons. The molecule has 8 nitrogen and oxygen atoms in total. The smallest absolute Gasteiger partial charge is 0.416 e. The Bertz CT molecular complexity index is 1110. The number of nitrogens with zero attached hydrogens (tertiary/aromatic N) is 4. The van der Waals surface area contributed by atoms with Crippen LogP contribution in [0.4, 0.5) is 29.1 Å². The Morgan fingerprint density at radius 3 is 2.69 bits per heavy atom. The molecular formula is C17H13F4N5O3. The fourth-order valence-electron chi connectivity index (χ4n) is 2.43. The molecule has 2 aromatic heterocycles. The number of hydrogen-bond donors (Lipinski definition) is 2. The first-order chi connectivity index (χ1) is 13.6. The van der Waals surface area contributed by atoms with Crippen LogP contribution < -0.4 is 10.9 Å². The van der Waals surface area contributed by atoms with Crippen molar-refractivity contribution in [3.63, 3.8) is 0 Å². The first kappa shape index (κ1) is 20.0. The van der Waals surface area contributed by atoms with Crippen LogP contribution in [-0.2, 0) is 17.5 Å². The van der Waals surface area contributed by atoms with Crippen LogP contribution in [0.25, 0.3) is 5.69 Å². The number of aliphatic carboxylic acids is 1. The first-order valence-electron chi connectivity index (χ1n) is 8.11. The maximum Gasteiger partial charge on any atom is 0.416 e. The maximum absolute atomic E-state index is 14.0. The lowest BCUT2D eigenvalue weighted by atomic mass is 10.2. The molecule has 0 bridgehead atoms. The number of alkyl halides is 3. The second kappa shape index (κ2) is 7.73. The minimum Gasteiger partial charge on any atom is -0.481 e. The first-order valence-corrected chi connectivity index (χ1v) is 8.11. The summed E-state index contributed by atoms with van der Waals surface area (Å²) in [4.78, 5) is 27.0. The summed E-state index contributed by atoms with van der Waals surface area (Å²) in [5.74, 6) is -2.52. The lowest BCUT2D eigenvalue weighted by molar-refractivity contribution is -0.138. The molecule has 0 aliphatic heterocycles. The second-order valence-electron chi connectivity index (χ2n) is 5.87. The molecule has 0 amide bonds. The number of halogens is 4. The molecule has 12 heteroatoms. The van der Waals surface area contributed by atoms with Crippen molar-refractivity contribution in [2.75, 3.05) is 5.32 Å². The van der Waals surface area contributed by atoms with Gasteiger partial charge in [0, 0.05) is 18.6 Å². The van der Waals surface area contributed by atoms with E-state index in [4.69, 9.17) is 5.11 Å². The molecule has 0 saturated heterocycles. The lowest BCUT2D eigenvalue weighted by Gasteiger charge is -2.11. The summed E-state index contributed by atoms with van der Waals surface area (Å²) in [6.07, 6.45) is 0.457. The van der Waals surface area contributed by atoms with Gasteiger partial charge in [-0.25, -0.2) is 9.37 Å². The number of aryl methyl sites for hydroxylation is 1. The van der Waals surface area contributed by atoms with E-state index in [0.29, 0.717) is 17.8 Å². The molecule has 3 rings (SSSR count). The lowest BCUT2D eigenvalue weighted by Crippen LogP contribution is -2.21. The Kier molecular flexibility index (Phi) is 5.35. The molecule has 0 fully saturated rings. The van der Waals surface area contributed by atoms with E-state index >= 15 is 0 Å². The van der Waals surface area contributed by atoms with Crippen molar-refractivity contribution in [3.8, 4) is 5.69 Å². The van der Waals surface area contributed by atoms with Gasteiger partial charge in [0.2, 0.25) is 0 Å². The van der Waals surface area contributed by atoms with Gasteiger partial charge >= 0.3 is 12.1 Å². The van der Waals surface area contributed by atoms with Crippen molar-refractivity contribution in [1.82, 2.24) is 19.3 Å². The Labute approximate surface area is 160 Å². The van der Waals surface area contributed by atoms with Crippen molar-refractivity contribution in [2.24, 2.45) is 0 Å². The summed E-state index contributed by atoms with van der Waals surface area (Å²) in [5, 5.41) is 15.0. The fourth-order valence-corrected chi connectivity index (χ4v) is 2.43. The zero-order chi connectivity index (χ0) is 21.2. The number of carboxylic acid groups (broad SMARTS) is 1. The molecule has 0 spiro atoms. The zero-order valence-corrected chi connectivity index (χ0v) is 14.5. The summed E-state index contributed by atoms with van der Waals surface area (Å²) in [7, 11) is 0. The van der Waals surface area contributed by atoms with Crippen LogP contribution in [0.5, 0.6) is 0 Å². The van der Waals surface area contributed by atoms with Gasteiger partial charge < -0.3 is 10.4 Å². The summed E-state index contributed by atoms with van der Waals surface area (Å²) in [6.45, 7) is 0.0943. The Balaban J connectivity index is 1.86. The van der Waals surface area contributed by atoms with Gasteiger partial charge in [-0.3, -0.25) is 18.8 Å². The van der Waals surface area contributed by atoms with Gasteiger partial charge in [0.15, 0.2) is 5.82 Å². The van der Waals surface area contributed by atoms with Gasteiger partial charge in [-0.2, -0.15) is 18.3 Å². The largest absolute Gasteiger partial charge is 0.481 e. The van der Waals surface area contributed by atoms with Crippen molar-refractivity contribution in [3.05, 3.63) is 64.7 Å². The Hall–Kier alpha value is -3.70. The topological polar surface area (TPSA) is 102 Å². The second-order valence-corrected chi connectivity index (χ2v) is 5.87. The highest BCUT2D eigenvalue weighted by molar-refractivity contribution is 5.66. The van der Waals surface area contributed by atoms with Crippen LogP contribution in [0, 0.1) is 5.82 Å². The molecule has 3 aromatic rings. The zero-order valence-electron chi connectivity index (χ0n) is 14.5. The molecular weight excluding hydrogens is 398 g/mol. The third-order valence-electron chi connectivity index (χ3n) is 3.84. The average molecular weight is 411 g/mol. The van der Waals surface area contributed by atoms with Gasteiger partial charge in [-0.05, 0) is 18.2 Å². The highest BCUT2D eigenvalue weighted by Gasteiger charge is 2.31. The number of aromatic nitrogens is 4. The third kappa shape index (κ3) is 4.59.